The molecule has 1 aliphatic heterocycles. The molecule has 3 heterocycles. The fraction of sp³-hybridized carbons (Fsp3) is 0.500. The lowest BCUT2D eigenvalue weighted by Gasteiger charge is -2.30. The fourth-order valence-corrected chi connectivity index (χ4v) is 4.57. The third-order valence-corrected chi connectivity index (χ3v) is 6.50. The number of nitrogens with one attached hydrogen (secondary N) is 1. The van der Waals surface area contributed by atoms with Crippen LogP contribution in [0.4, 0.5) is 5.82 Å². The molecule has 0 aromatic carbocycles. The Morgan fingerprint density at radius 1 is 1.30 bits per heavy atom. The standard InChI is InChI=1S/C18H25N5O3S/c1-13(2)14-6-7-16(19-9-14)21-18(24)15-5-4-8-23(10-15)27(25,26)17-11-22(3)12-20-17/h6-7,9,11-13,15H,4-5,8,10H2,1-3H3,(H,19,21,24)/t15-/m1/s1. The van der Waals surface area contributed by atoms with Crippen molar-refractivity contribution in [1.29, 1.82) is 0 Å². The molecule has 3 rings (SSSR count). The van der Waals surface area contributed by atoms with Gasteiger partial charge in [-0.05, 0) is 30.4 Å². The number of nitrogens with zero attached hydrogens (tertiary/aromatic N) is 4. The van der Waals surface area contributed by atoms with Gasteiger partial charge in [0.25, 0.3) is 10.0 Å². The zero-order valence-electron chi connectivity index (χ0n) is 15.8. The van der Waals surface area contributed by atoms with Crippen LogP contribution in [0.1, 0.15) is 38.2 Å². The number of hydrogen-bond acceptors (Lipinski definition) is 5. The van der Waals surface area contributed by atoms with E-state index in [9.17, 15) is 13.2 Å². The molecule has 146 valence electrons. The molecule has 0 aliphatic carbocycles. The summed E-state index contributed by atoms with van der Waals surface area (Å²) in [5.74, 6) is 0.226. The van der Waals surface area contributed by atoms with Gasteiger partial charge in [-0.1, -0.05) is 19.9 Å². The Morgan fingerprint density at radius 3 is 2.67 bits per heavy atom. The lowest BCUT2D eigenvalue weighted by Crippen LogP contribution is -2.43. The van der Waals surface area contributed by atoms with Gasteiger partial charge in [0.05, 0.1) is 12.2 Å². The Hall–Kier alpha value is -2.26. The topological polar surface area (TPSA) is 97.2 Å². The number of piperidine rings is 1. The van der Waals surface area contributed by atoms with Gasteiger partial charge in [-0.25, -0.2) is 18.4 Å². The van der Waals surface area contributed by atoms with E-state index < -0.39 is 15.9 Å². The second kappa shape index (κ2) is 7.77. The summed E-state index contributed by atoms with van der Waals surface area (Å²) in [5, 5.41) is 2.81. The number of sulfonamides is 1. The van der Waals surface area contributed by atoms with Gasteiger partial charge in [0.2, 0.25) is 5.91 Å². The van der Waals surface area contributed by atoms with Crippen LogP contribution < -0.4 is 5.32 Å². The minimum atomic E-state index is -3.69. The summed E-state index contributed by atoms with van der Waals surface area (Å²) >= 11 is 0. The Labute approximate surface area is 159 Å². The molecule has 1 N–H and O–H groups in total. The molecule has 27 heavy (non-hydrogen) atoms. The summed E-state index contributed by atoms with van der Waals surface area (Å²) in [7, 11) is -1.97. The number of aromatic nitrogens is 3. The molecule has 0 bridgehead atoms. The zero-order valence-corrected chi connectivity index (χ0v) is 16.6. The van der Waals surface area contributed by atoms with Gasteiger partial charge in [-0.3, -0.25) is 4.79 Å². The van der Waals surface area contributed by atoms with Gasteiger partial charge < -0.3 is 9.88 Å². The highest BCUT2D eigenvalue weighted by molar-refractivity contribution is 7.89. The van der Waals surface area contributed by atoms with Crippen molar-refractivity contribution in [2.45, 2.75) is 37.6 Å². The number of anilines is 1. The molecule has 2 aromatic rings. The summed E-state index contributed by atoms with van der Waals surface area (Å²) in [6.45, 7) is 4.70. The molecule has 2 aromatic heterocycles. The minimum absolute atomic E-state index is 0.0111. The molecule has 0 saturated carbocycles. The number of rotatable bonds is 5. The van der Waals surface area contributed by atoms with Gasteiger partial charge in [0.1, 0.15) is 5.82 Å². The van der Waals surface area contributed by atoms with Crippen LogP contribution in [-0.4, -0.2) is 46.3 Å². The van der Waals surface area contributed by atoms with Gasteiger partial charge in [0, 0.05) is 32.5 Å². The van der Waals surface area contributed by atoms with Crippen molar-refractivity contribution in [3.63, 3.8) is 0 Å². The van der Waals surface area contributed by atoms with Crippen LogP contribution in [0, 0.1) is 5.92 Å². The van der Waals surface area contributed by atoms with Crippen molar-refractivity contribution in [2.24, 2.45) is 13.0 Å². The second-order valence-corrected chi connectivity index (χ2v) is 9.09. The van der Waals surface area contributed by atoms with Crippen LogP contribution in [0.2, 0.25) is 0 Å². The zero-order chi connectivity index (χ0) is 19.6. The van der Waals surface area contributed by atoms with Gasteiger partial charge in [-0.2, -0.15) is 4.31 Å². The molecule has 8 nitrogen and oxygen atoms in total. The Morgan fingerprint density at radius 2 is 2.07 bits per heavy atom. The van der Waals surface area contributed by atoms with E-state index in [4.69, 9.17) is 0 Å². The van der Waals surface area contributed by atoms with Gasteiger partial charge >= 0.3 is 0 Å². The molecule has 1 fully saturated rings. The third-order valence-electron chi connectivity index (χ3n) is 4.74. The summed E-state index contributed by atoms with van der Waals surface area (Å²) < 4.78 is 28.4. The van der Waals surface area contributed by atoms with Crippen LogP contribution in [-0.2, 0) is 21.9 Å². The van der Waals surface area contributed by atoms with Crippen molar-refractivity contribution in [3.05, 3.63) is 36.4 Å². The normalized spacial score (nSPS) is 18.6. The minimum Gasteiger partial charge on any atom is -0.339 e. The van der Waals surface area contributed by atoms with Crippen molar-refractivity contribution < 1.29 is 13.2 Å². The quantitative estimate of drug-likeness (QED) is 0.840. The van der Waals surface area contributed by atoms with Crippen LogP contribution in [0.3, 0.4) is 0 Å². The molecular formula is C18H25N5O3S. The average molecular weight is 391 g/mol. The van der Waals surface area contributed by atoms with E-state index in [0.29, 0.717) is 31.1 Å². The SMILES string of the molecule is CC(C)c1ccc(NC(=O)[C@@H]2CCCN(S(=O)(=O)c3cn(C)cn3)C2)nc1. The number of imidazole rings is 1. The maximum Gasteiger partial charge on any atom is 0.262 e. The van der Waals surface area contributed by atoms with Crippen LogP contribution in [0.15, 0.2) is 35.9 Å². The molecule has 1 amide bonds. The van der Waals surface area contributed by atoms with E-state index in [1.807, 2.05) is 6.07 Å². The lowest BCUT2D eigenvalue weighted by molar-refractivity contribution is -0.120. The first-order chi connectivity index (χ1) is 12.8. The molecule has 0 unspecified atom stereocenters. The van der Waals surface area contributed by atoms with Gasteiger partial charge in [0.15, 0.2) is 5.03 Å². The van der Waals surface area contributed by atoms with E-state index in [1.165, 1.54) is 16.8 Å². The van der Waals surface area contributed by atoms with Crippen molar-refractivity contribution in [3.8, 4) is 0 Å². The third kappa shape index (κ3) is 4.36. The summed E-state index contributed by atoms with van der Waals surface area (Å²) in [4.78, 5) is 20.8. The highest BCUT2D eigenvalue weighted by Crippen LogP contribution is 2.24. The number of hydrogen-bond donors (Lipinski definition) is 1. The maximum atomic E-state index is 12.7. The van der Waals surface area contributed by atoms with Gasteiger partial charge in [-0.15, -0.1) is 0 Å². The summed E-state index contributed by atoms with van der Waals surface area (Å²) in [6, 6.07) is 3.71. The van der Waals surface area contributed by atoms with E-state index in [1.54, 1.807) is 23.9 Å². The smallest absolute Gasteiger partial charge is 0.262 e. The average Bonchev–Trinajstić information content (AvgIpc) is 3.09. The summed E-state index contributed by atoms with van der Waals surface area (Å²) in [6.07, 6.45) is 5.94. The van der Waals surface area contributed by atoms with Crippen LogP contribution >= 0.6 is 0 Å². The fourth-order valence-electron chi connectivity index (χ4n) is 3.08. The molecule has 0 radical (unpaired) electrons. The van der Waals surface area contributed by atoms with Crippen LogP contribution in [0.5, 0.6) is 0 Å². The first-order valence-electron chi connectivity index (χ1n) is 9.02. The highest BCUT2D eigenvalue weighted by atomic mass is 32.2. The Balaban J connectivity index is 1.67. The highest BCUT2D eigenvalue weighted by Gasteiger charge is 2.34. The monoisotopic (exact) mass is 391 g/mol. The van der Waals surface area contributed by atoms with Crippen molar-refractivity contribution in [1.82, 2.24) is 18.8 Å². The molecule has 0 spiro atoms. The summed E-state index contributed by atoms with van der Waals surface area (Å²) in [5.41, 5.74) is 1.10. The maximum absolute atomic E-state index is 12.7. The molecule has 1 aliphatic rings. The molecule has 1 atom stereocenters. The number of amides is 1. The second-order valence-electron chi connectivity index (χ2n) is 7.20. The number of carbonyl (C=O) groups excluding carboxylic acids is 1. The van der Waals surface area contributed by atoms with E-state index >= 15 is 0 Å². The number of aryl methyl sites for hydroxylation is 1. The van der Waals surface area contributed by atoms with E-state index in [0.717, 1.165) is 5.56 Å². The predicted molar refractivity (Wildman–Crippen MR) is 102 cm³/mol. The van der Waals surface area contributed by atoms with Crippen LogP contribution in [0.25, 0.3) is 0 Å². The van der Waals surface area contributed by atoms with Crippen molar-refractivity contribution >= 4 is 21.7 Å². The van der Waals surface area contributed by atoms with E-state index in [-0.39, 0.29) is 17.5 Å². The lowest BCUT2D eigenvalue weighted by atomic mass is 9.99. The molecule has 9 heteroatoms. The first-order valence-corrected chi connectivity index (χ1v) is 10.5. The Kier molecular flexibility index (Phi) is 5.61. The first kappa shape index (κ1) is 19.5. The Bertz CT molecular complexity index is 905. The van der Waals surface area contributed by atoms with E-state index in [2.05, 4.69) is 29.1 Å². The largest absolute Gasteiger partial charge is 0.339 e. The van der Waals surface area contributed by atoms with Crippen molar-refractivity contribution in [2.75, 3.05) is 18.4 Å². The predicted octanol–water partition coefficient (Wildman–Crippen LogP) is 1.98. The molecule has 1 saturated heterocycles. The number of carbonyl (C=O) groups is 1. The molecular weight excluding hydrogens is 366 g/mol. The number of pyridine rings is 1.